The summed E-state index contributed by atoms with van der Waals surface area (Å²) in [4.78, 5) is 40.4. The Kier molecular flexibility index (Phi) is 9.20. The molecule has 1 aliphatic carbocycles. The van der Waals surface area contributed by atoms with E-state index < -0.39 is 5.91 Å². The normalized spacial score (nSPS) is 17.6. The Hall–Kier alpha value is -3.87. The Morgan fingerprint density at radius 2 is 1.75 bits per heavy atom. The van der Waals surface area contributed by atoms with Gasteiger partial charge >= 0.3 is 0 Å². The summed E-state index contributed by atoms with van der Waals surface area (Å²) in [6.45, 7) is 1.51. The van der Waals surface area contributed by atoms with Crippen LogP contribution in [0.25, 0.3) is 11.0 Å². The standard InChI is InChI=1S/C36H34Cl2N2O4/c37-27-16-12-24(13-17-27)20-28(39-36(43)33-21-32(41)30-7-3-8-31(38)35(30)44-33)19-23-10-14-25(15-11-23)29-6-2-1-5-26(29)22-40-18-4-9-34(40)42/h1-3,5-8,12-13,16-17,19,21,25,28H,4,9-11,14-15,18,20,22H2,(H,39,43)/t25?,28-/m0/s1. The Morgan fingerprint density at radius 3 is 2.50 bits per heavy atom. The Morgan fingerprint density at radius 1 is 0.977 bits per heavy atom. The SMILES string of the molecule is O=C(N[C@@H](C=C1CCC(c2ccccc2CN2CCCC2=O)CC1)Cc1ccc(Cl)cc1)c1cc(=O)c2cccc(Cl)c2o1. The number of nitrogens with zero attached hydrogens (tertiary/aromatic N) is 1. The zero-order valence-corrected chi connectivity index (χ0v) is 25.9. The molecule has 3 aromatic carbocycles. The van der Waals surface area contributed by atoms with Crippen molar-refractivity contribution in [3.05, 3.63) is 127 Å². The third-order valence-electron chi connectivity index (χ3n) is 8.71. The van der Waals surface area contributed by atoms with E-state index in [4.69, 9.17) is 27.6 Å². The molecule has 8 heteroatoms. The zero-order valence-electron chi connectivity index (χ0n) is 24.4. The van der Waals surface area contributed by atoms with Gasteiger partial charge in [0.15, 0.2) is 16.8 Å². The minimum absolute atomic E-state index is 0.0769. The Labute approximate surface area is 266 Å². The van der Waals surface area contributed by atoms with Crippen LogP contribution in [0.2, 0.25) is 10.0 Å². The number of carbonyl (C=O) groups is 2. The number of likely N-dealkylation sites (tertiary alicyclic amines) is 1. The molecule has 4 aromatic rings. The number of nitrogens with one attached hydrogen (secondary N) is 1. The van der Waals surface area contributed by atoms with Gasteiger partial charge in [-0.05, 0) is 85.4 Å². The summed E-state index contributed by atoms with van der Waals surface area (Å²) >= 11 is 12.4. The molecule has 0 spiro atoms. The van der Waals surface area contributed by atoms with Crippen LogP contribution in [0.4, 0.5) is 0 Å². The minimum Gasteiger partial charge on any atom is -0.449 e. The van der Waals surface area contributed by atoms with Crippen LogP contribution in [-0.2, 0) is 17.8 Å². The van der Waals surface area contributed by atoms with Gasteiger partial charge in [-0.15, -0.1) is 0 Å². The second-order valence-electron chi connectivity index (χ2n) is 11.7. The van der Waals surface area contributed by atoms with Crippen molar-refractivity contribution in [1.82, 2.24) is 10.2 Å². The molecule has 6 rings (SSSR count). The number of hydrogen-bond acceptors (Lipinski definition) is 4. The van der Waals surface area contributed by atoms with Gasteiger partial charge in [-0.1, -0.05) is 77.3 Å². The summed E-state index contributed by atoms with van der Waals surface area (Å²) in [5.41, 5.74) is 4.77. The first kappa shape index (κ1) is 30.2. The van der Waals surface area contributed by atoms with Crippen LogP contribution in [0.5, 0.6) is 0 Å². The number of fused-ring (bicyclic) bond motifs is 1. The Bertz CT molecular complexity index is 1770. The lowest BCUT2D eigenvalue weighted by atomic mass is 9.79. The van der Waals surface area contributed by atoms with Crippen molar-refractivity contribution >= 4 is 46.0 Å². The fraction of sp³-hybridized carbons (Fsp3) is 0.306. The van der Waals surface area contributed by atoms with Gasteiger partial charge in [-0.2, -0.15) is 0 Å². The predicted octanol–water partition coefficient (Wildman–Crippen LogP) is 7.85. The quantitative estimate of drug-likeness (QED) is 0.202. The van der Waals surface area contributed by atoms with Crippen LogP contribution in [0.15, 0.2) is 93.7 Å². The molecule has 1 N–H and O–H groups in total. The molecule has 44 heavy (non-hydrogen) atoms. The smallest absolute Gasteiger partial charge is 0.287 e. The molecule has 0 bridgehead atoms. The molecule has 1 aromatic heterocycles. The van der Waals surface area contributed by atoms with E-state index in [1.807, 2.05) is 29.2 Å². The molecule has 1 aliphatic heterocycles. The average molecular weight is 630 g/mol. The molecule has 226 valence electrons. The first-order chi connectivity index (χ1) is 21.3. The number of halogens is 2. The Balaban J connectivity index is 1.20. The van der Waals surface area contributed by atoms with Crippen molar-refractivity contribution in [2.24, 2.45) is 0 Å². The maximum atomic E-state index is 13.4. The van der Waals surface area contributed by atoms with Crippen LogP contribution >= 0.6 is 23.2 Å². The van der Waals surface area contributed by atoms with Crippen LogP contribution in [-0.4, -0.2) is 29.3 Å². The molecular weight excluding hydrogens is 595 g/mol. The monoisotopic (exact) mass is 628 g/mol. The first-order valence-corrected chi connectivity index (χ1v) is 15.9. The lowest BCUT2D eigenvalue weighted by molar-refractivity contribution is -0.128. The molecule has 1 saturated carbocycles. The second kappa shape index (κ2) is 13.4. The summed E-state index contributed by atoms with van der Waals surface area (Å²) < 4.78 is 5.81. The fourth-order valence-corrected chi connectivity index (χ4v) is 6.76. The van der Waals surface area contributed by atoms with E-state index in [-0.39, 0.29) is 33.7 Å². The summed E-state index contributed by atoms with van der Waals surface area (Å²) in [6, 6.07) is 21.9. The molecule has 0 unspecified atom stereocenters. The number of para-hydroxylation sites is 1. The van der Waals surface area contributed by atoms with Crippen molar-refractivity contribution in [3.8, 4) is 0 Å². The number of amides is 2. The molecule has 0 radical (unpaired) electrons. The van der Waals surface area contributed by atoms with E-state index in [0.29, 0.717) is 35.7 Å². The largest absolute Gasteiger partial charge is 0.449 e. The summed E-state index contributed by atoms with van der Waals surface area (Å²) in [7, 11) is 0. The van der Waals surface area contributed by atoms with Crippen LogP contribution in [0, 0.1) is 0 Å². The molecule has 1 atom stereocenters. The van der Waals surface area contributed by atoms with Gasteiger partial charge in [-0.3, -0.25) is 14.4 Å². The highest BCUT2D eigenvalue weighted by Gasteiger charge is 2.25. The highest BCUT2D eigenvalue weighted by Crippen LogP contribution is 2.38. The molecular formula is C36H34Cl2N2O4. The number of hydrogen-bond donors (Lipinski definition) is 1. The van der Waals surface area contributed by atoms with Crippen molar-refractivity contribution in [2.45, 2.75) is 63.5 Å². The van der Waals surface area contributed by atoms with Gasteiger partial charge in [0.25, 0.3) is 5.91 Å². The number of allylic oxidation sites excluding steroid dienone is 1. The fourth-order valence-electron chi connectivity index (χ4n) is 6.42. The lowest BCUT2D eigenvalue weighted by Crippen LogP contribution is -2.36. The van der Waals surface area contributed by atoms with Crippen molar-refractivity contribution in [1.29, 1.82) is 0 Å². The molecule has 2 aliphatic rings. The van der Waals surface area contributed by atoms with Crippen LogP contribution in [0.3, 0.4) is 0 Å². The number of benzene rings is 3. The average Bonchev–Trinajstić information content (AvgIpc) is 3.43. The van der Waals surface area contributed by atoms with Gasteiger partial charge in [0.2, 0.25) is 5.91 Å². The highest BCUT2D eigenvalue weighted by atomic mass is 35.5. The second-order valence-corrected chi connectivity index (χ2v) is 12.6. The predicted molar refractivity (Wildman–Crippen MR) is 174 cm³/mol. The van der Waals surface area contributed by atoms with E-state index in [0.717, 1.165) is 44.2 Å². The van der Waals surface area contributed by atoms with Gasteiger partial charge in [0, 0.05) is 30.6 Å². The molecule has 2 heterocycles. The topological polar surface area (TPSA) is 79.6 Å². The van der Waals surface area contributed by atoms with E-state index in [1.165, 1.54) is 22.8 Å². The summed E-state index contributed by atoms with van der Waals surface area (Å²) in [6.07, 6.45) is 8.11. The highest BCUT2D eigenvalue weighted by molar-refractivity contribution is 6.34. The van der Waals surface area contributed by atoms with Crippen LogP contribution < -0.4 is 10.7 Å². The minimum atomic E-state index is -0.473. The van der Waals surface area contributed by atoms with Gasteiger partial charge < -0.3 is 14.6 Å². The van der Waals surface area contributed by atoms with Gasteiger partial charge in [0.1, 0.15) is 0 Å². The summed E-state index contributed by atoms with van der Waals surface area (Å²) in [5.74, 6) is 0.112. The number of rotatable bonds is 8. The first-order valence-electron chi connectivity index (χ1n) is 15.2. The maximum absolute atomic E-state index is 13.4. The third-order valence-corrected chi connectivity index (χ3v) is 9.26. The van der Waals surface area contributed by atoms with Crippen molar-refractivity contribution in [3.63, 3.8) is 0 Å². The van der Waals surface area contributed by atoms with Gasteiger partial charge in [0.05, 0.1) is 16.5 Å². The molecule has 2 amide bonds. The molecule has 1 saturated heterocycles. The van der Waals surface area contributed by atoms with Gasteiger partial charge in [-0.25, -0.2) is 0 Å². The van der Waals surface area contributed by atoms with E-state index in [9.17, 15) is 14.4 Å². The van der Waals surface area contributed by atoms with Crippen molar-refractivity contribution in [2.75, 3.05) is 6.54 Å². The lowest BCUT2D eigenvalue weighted by Gasteiger charge is -2.28. The maximum Gasteiger partial charge on any atom is 0.287 e. The van der Waals surface area contributed by atoms with Crippen molar-refractivity contribution < 1.29 is 14.0 Å². The van der Waals surface area contributed by atoms with E-state index in [1.54, 1.807) is 18.2 Å². The molecule has 6 nitrogen and oxygen atoms in total. The summed E-state index contributed by atoms with van der Waals surface area (Å²) in [5, 5.41) is 4.35. The third kappa shape index (κ3) is 6.92. The number of carbonyl (C=O) groups excluding carboxylic acids is 2. The van der Waals surface area contributed by atoms with E-state index in [2.05, 4.69) is 35.7 Å². The molecule has 2 fully saturated rings. The van der Waals surface area contributed by atoms with E-state index >= 15 is 0 Å². The van der Waals surface area contributed by atoms with Crippen LogP contribution in [0.1, 0.15) is 71.7 Å². The zero-order chi connectivity index (χ0) is 30.6.